The molecule has 0 aliphatic carbocycles. The Balaban J connectivity index is 2.14. The average molecular weight is 408 g/mol. The van der Waals surface area contributed by atoms with Gasteiger partial charge in [-0.3, -0.25) is 0 Å². The highest BCUT2D eigenvalue weighted by molar-refractivity contribution is 6.05. The Labute approximate surface area is 177 Å². The molecule has 0 saturated carbocycles. The van der Waals surface area contributed by atoms with Gasteiger partial charge in [0.1, 0.15) is 23.0 Å². The number of fused-ring (bicyclic) bond motifs is 2. The number of benzene rings is 3. The van der Waals surface area contributed by atoms with Crippen molar-refractivity contribution in [1.29, 1.82) is 0 Å². The van der Waals surface area contributed by atoms with Crippen LogP contribution in [0.3, 0.4) is 0 Å². The molecule has 2 atom stereocenters. The van der Waals surface area contributed by atoms with E-state index in [-0.39, 0.29) is 11.8 Å². The molecule has 5 nitrogen and oxygen atoms in total. The van der Waals surface area contributed by atoms with Crippen LogP contribution in [-0.4, -0.2) is 32.5 Å². The molecular formula is C25H29NO4. The SMILES string of the molecule is COc1cc(OC)c2c(c1-c1ccc(O)c3c(OC)cc(C)cc13)C[C@@H](C)N[C@@H]2C. The molecule has 3 aromatic rings. The van der Waals surface area contributed by atoms with Crippen LogP contribution >= 0.6 is 0 Å². The van der Waals surface area contributed by atoms with E-state index in [4.69, 9.17) is 14.2 Å². The van der Waals surface area contributed by atoms with Crippen LogP contribution in [0.25, 0.3) is 21.9 Å². The minimum absolute atomic E-state index is 0.156. The smallest absolute Gasteiger partial charge is 0.130 e. The van der Waals surface area contributed by atoms with Crippen molar-refractivity contribution in [3.05, 3.63) is 47.0 Å². The molecule has 0 fully saturated rings. The minimum atomic E-state index is 0.156. The number of nitrogens with one attached hydrogen (secondary N) is 1. The fraction of sp³-hybridized carbons (Fsp3) is 0.360. The molecule has 1 aliphatic rings. The highest BCUT2D eigenvalue weighted by Crippen LogP contribution is 2.48. The van der Waals surface area contributed by atoms with Crippen molar-refractivity contribution in [2.45, 2.75) is 39.3 Å². The van der Waals surface area contributed by atoms with E-state index in [1.165, 1.54) is 5.56 Å². The van der Waals surface area contributed by atoms with E-state index in [0.717, 1.165) is 45.6 Å². The van der Waals surface area contributed by atoms with Crippen molar-refractivity contribution in [2.75, 3.05) is 21.3 Å². The number of rotatable bonds is 4. The van der Waals surface area contributed by atoms with Gasteiger partial charge < -0.3 is 24.6 Å². The van der Waals surface area contributed by atoms with E-state index in [1.807, 2.05) is 25.1 Å². The summed E-state index contributed by atoms with van der Waals surface area (Å²) in [5.41, 5.74) is 5.51. The van der Waals surface area contributed by atoms with E-state index >= 15 is 0 Å². The number of aryl methyl sites for hydroxylation is 1. The van der Waals surface area contributed by atoms with Crippen molar-refractivity contribution < 1.29 is 19.3 Å². The molecule has 2 N–H and O–H groups in total. The first-order valence-electron chi connectivity index (χ1n) is 10.2. The first-order valence-corrected chi connectivity index (χ1v) is 10.2. The van der Waals surface area contributed by atoms with Gasteiger partial charge in [-0.1, -0.05) is 6.07 Å². The summed E-state index contributed by atoms with van der Waals surface area (Å²) in [6.45, 7) is 6.39. The third kappa shape index (κ3) is 3.14. The van der Waals surface area contributed by atoms with Gasteiger partial charge in [-0.2, -0.15) is 0 Å². The van der Waals surface area contributed by atoms with Gasteiger partial charge >= 0.3 is 0 Å². The Kier molecular flexibility index (Phi) is 5.24. The maximum absolute atomic E-state index is 10.6. The molecule has 0 radical (unpaired) electrons. The van der Waals surface area contributed by atoms with Gasteiger partial charge in [0.15, 0.2) is 0 Å². The zero-order valence-electron chi connectivity index (χ0n) is 18.4. The molecule has 0 aromatic heterocycles. The number of ether oxygens (including phenoxy) is 3. The molecule has 0 saturated heterocycles. The van der Waals surface area contributed by atoms with Gasteiger partial charge in [-0.15, -0.1) is 0 Å². The largest absolute Gasteiger partial charge is 0.507 e. The lowest BCUT2D eigenvalue weighted by Crippen LogP contribution is -2.36. The maximum atomic E-state index is 10.6. The van der Waals surface area contributed by atoms with E-state index in [1.54, 1.807) is 27.4 Å². The Hall–Kier alpha value is -2.92. The molecular weight excluding hydrogens is 378 g/mol. The molecule has 3 aromatic carbocycles. The number of hydrogen-bond acceptors (Lipinski definition) is 5. The molecule has 4 rings (SSSR count). The average Bonchev–Trinajstić information content (AvgIpc) is 2.72. The summed E-state index contributed by atoms with van der Waals surface area (Å²) in [4.78, 5) is 0. The van der Waals surface area contributed by atoms with Crippen LogP contribution in [0, 0.1) is 6.92 Å². The third-order valence-corrected chi connectivity index (χ3v) is 6.01. The van der Waals surface area contributed by atoms with Crippen LogP contribution in [0.4, 0.5) is 0 Å². The molecule has 0 amide bonds. The maximum Gasteiger partial charge on any atom is 0.130 e. The standard InChI is InChI=1S/C25H29NO4/c1-13-9-17-16(7-8-19(27)25(17)20(10-13)28-4)24-18-11-14(2)26-15(3)23(18)21(29-5)12-22(24)30-6/h7-10,12,14-15,26-27H,11H2,1-6H3/t14-,15-/m1/s1. The third-order valence-electron chi connectivity index (χ3n) is 6.01. The highest BCUT2D eigenvalue weighted by atomic mass is 16.5. The Morgan fingerprint density at radius 1 is 0.933 bits per heavy atom. The summed E-state index contributed by atoms with van der Waals surface area (Å²) in [5.74, 6) is 2.46. The quantitative estimate of drug-likeness (QED) is 0.627. The number of hydrogen-bond donors (Lipinski definition) is 2. The Bertz CT molecular complexity index is 1120. The number of phenols is 1. The summed E-state index contributed by atoms with van der Waals surface area (Å²) in [5, 5.41) is 15.9. The van der Waals surface area contributed by atoms with Gasteiger partial charge in [-0.25, -0.2) is 0 Å². The summed E-state index contributed by atoms with van der Waals surface area (Å²) in [6.07, 6.45) is 0.855. The van der Waals surface area contributed by atoms with Gasteiger partial charge in [0.05, 0.1) is 26.7 Å². The predicted octanol–water partition coefficient (Wildman–Crippen LogP) is 5.14. The minimum Gasteiger partial charge on any atom is -0.507 e. The fourth-order valence-electron chi connectivity index (χ4n) is 4.83. The highest BCUT2D eigenvalue weighted by Gasteiger charge is 2.30. The number of aromatic hydroxyl groups is 1. The second-order valence-electron chi connectivity index (χ2n) is 8.06. The fourth-order valence-corrected chi connectivity index (χ4v) is 4.83. The molecule has 158 valence electrons. The van der Waals surface area contributed by atoms with Crippen molar-refractivity contribution in [3.63, 3.8) is 0 Å². The molecule has 1 aliphatic heterocycles. The topological polar surface area (TPSA) is 60.0 Å². The second kappa shape index (κ2) is 7.73. The van der Waals surface area contributed by atoms with E-state index in [2.05, 4.69) is 25.2 Å². The van der Waals surface area contributed by atoms with Crippen LogP contribution in [0.15, 0.2) is 30.3 Å². The first-order chi connectivity index (χ1) is 14.4. The number of methoxy groups -OCH3 is 3. The van der Waals surface area contributed by atoms with Crippen LogP contribution in [-0.2, 0) is 6.42 Å². The zero-order valence-corrected chi connectivity index (χ0v) is 18.4. The molecule has 0 bridgehead atoms. The number of phenolic OH excluding ortho intramolecular Hbond substituents is 1. The Morgan fingerprint density at radius 3 is 2.30 bits per heavy atom. The molecule has 0 unspecified atom stereocenters. The van der Waals surface area contributed by atoms with Gasteiger partial charge in [-0.05, 0) is 67.5 Å². The second-order valence-corrected chi connectivity index (χ2v) is 8.06. The van der Waals surface area contributed by atoms with E-state index < -0.39 is 0 Å². The van der Waals surface area contributed by atoms with Crippen molar-refractivity contribution in [2.24, 2.45) is 0 Å². The van der Waals surface area contributed by atoms with Gasteiger partial charge in [0.25, 0.3) is 0 Å². The van der Waals surface area contributed by atoms with Crippen molar-refractivity contribution in [3.8, 4) is 34.1 Å². The normalized spacial score (nSPS) is 18.2. The van der Waals surface area contributed by atoms with Crippen molar-refractivity contribution >= 4 is 10.8 Å². The summed E-state index contributed by atoms with van der Waals surface area (Å²) in [6, 6.07) is 10.2. The lowest BCUT2D eigenvalue weighted by molar-refractivity contribution is 0.371. The van der Waals surface area contributed by atoms with Crippen LogP contribution in [0.1, 0.15) is 36.6 Å². The molecule has 1 heterocycles. The lowest BCUT2D eigenvalue weighted by Gasteiger charge is -2.33. The first kappa shape index (κ1) is 20.4. The van der Waals surface area contributed by atoms with E-state index in [0.29, 0.717) is 17.2 Å². The summed E-state index contributed by atoms with van der Waals surface area (Å²) in [7, 11) is 5.02. The van der Waals surface area contributed by atoms with E-state index in [9.17, 15) is 5.11 Å². The van der Waals surface area contributed by atoms with Crippen molar-refractivity contribution in [1.82, 2.24) is 5.32 Å². The van der Waals surface area contributed by atoms with Gasteiger partial charge in [0.2, 0.25) is 0 Å². The van der Waals surface area contributed by atoms with Gasteiger partial charge in [0, 0.05) is 29.3 Å². The Morgan fingerprint density at radius 2 is 1.63 bits per heavy atom. The molecule has 0 spiro atoms. The molecule has 5 heteroatoms. The summed E-state index contributed by atoms with van der Waals surface area (Å²) < 4.78 is 17.2. The zero-order chi connectivity index (χ0) is 21.6. The predicted molar refractivity (Wildman–Crippen MR) is 120 cm³/mol. The van der Waals surface area contributed by atoms with Crippen LogP contribution in [0.2, 0.25) is 0 Å². The van der Waals surface area contributed by atoms with Crippen LogP contribution < -0.4 is 19.5 Å². The lowest BCUT2D eigenvalue weighted by atomic mass is 9.83. The monoisotopic (exact) mass is 407 g/mol. The van der Waals surface area contributed by atoms with Crippen LogP contribution in [0.5, 0.6) is 23.0 Å². The molecule has 30 heavy (non-hydrogen) atoms. The summed E-state index contributed by atoms with van der Waals surface area (Å²) >= 11 is 0.